The smallest absolute Gasteiger partial charge is 0.197 e. The van der Waals surface area contributed by atoms with E-state index in [0.717, 1.165) is 5.56 Å². The molecule has 0 bridgehead atoms. The Bertz CT molecular complexity index is 826. The molecule has 0 radical (unpaired) electrons. The van der Waals surface area contributed by atoms with E-state index in [1.165, 1.54) is 6.26 Å². The Labute approximate surface area is 121 Å². The van der Waals surface area contributed by atoms with E-state index in [1.54, 1.807) is 24.5 Å². The molecule has 2 heterocycles. The van der Waals surface area contributed by atoms with Crippen LogP contribution in [0, 0.1) is 0 Å². The van der Waals surface area contributed by atoms with E-state index in [9.17, 15) is 4.79 Å². The molecule has 3 rings (SSSR count). The van der Waals surface area contributed by atoms with Crippen molar-refractivity contribution in [3.05, 3.63) is 76.4 Å². The van der Waals surface area contributed by atoms with E-state index in [4.69, 9.17) is 4.42 Å². The standard InChI is InChI=1S/C16H13N3O2/c20-16-13(11-21-15-4-2-1-3-14(15)16)10-19-18-9-12-5-7-17-8-6-12/h1-8,11H,9-10H2. The van der Waals surface area contributed by atoms with Crippen molar-refractivity contribution in [2.24, 2.45) is 10.2 Å². The van der Waals surface area contributed by atoms with Gasteiger partial charge in [-0.25, -0.2) is 0 Å². The quantitative estimate of drug-likeness (QED) is 0.688. The lowest BCUT2D eigenvalue weighted by Crippen LogP contribution is -2.07. The molecule has 0 fully saturated rings. The Kier molecular flexibility index (Phi) is 3.82. The van der Waals surface area contributed by atoms with Gasteiger partial charge in [0.2, 0.25) is 0 Å². The Morgan fingerprint density at radius 2 is 1.76 bits per heavy atom. The fraction of sp³-hybridized carbons (Fsp3) is 0.125. The molecule has 0 spiro atoms. The van der Waals surface area contributed by atoms with Crippen LogP contribution < -0.4 is 5.43 Å². The third-order valence-corrected chi connectivity index (χ3v) is 3.10. The molecule has 0 saturated carbocycles. The molecule has 0 aliphatic heterocycles. The summed E-state index contributed by atoms with van der Waals surface area (Å²) in [6.07, 6.45) is 4.88. The molecule has 0 amide bonds. The third kappa shape index (κ3) is 3.02. The molecular formula is C16H13N3O2. The van der Waals surface area contributed by atoms with Gasteiger partial charge in [-0.15, -0.1) is 0 Å². The zero-order valence-corrected chi connectivity index (χ0v) is 11.3. The van der Waals surface area contributed by atoms with Gasteiger partial charge < -0.3 is 4.42 Å². The zero-order valence-electron chi connectivity index (χ0n) is 11.3. The summed E-state index contributed by atoms with van der Waals surface area (Å²) >= 11 is 0. The SMILES string of the molecule is O=c1c(CN=NCc2ccncc2)coc2ccccc12. The Morgan fingerprint density at radius 3 is 2.62 bits per heavy atom. The first kappa shape index (κ1) is 13.2. The van der Waals surface area contributed by atoms with Gasteiger partial charge in [-0.05, 0) is 29.8 Å². The summed E-state index contributed by atoms with van der Waals surface area (Å²) in [5, 5.41) is 8.69. The third-order valence-electron chi connectivity index (χ3n) is 3.10. The van der Waals surface area contributed by atoms with Crippen molar-refractivity contribution in [3.63, 3.8) is 0 Å². The molecular weight excluding hydrogens is 266 g/mol. The molecule has 3 aromatic rings. The summed E-state index contributed by atoms with van der Waals surface area (Å²) in [6.45, 7) is 0.694. The van der Waals surface area contributed by atoms with E-state index < -0.39 is 0 Å². The number of fused-ring (bicyclic) bond motifs is 1. The lowest BCUT2D eigenvalue weighted by molar-refractivity contribution is 0.591. The van der Waals surface area contributed by atoms with E-state index in [0.29, 0.717) is 23.1 Å². The molecule has 0 saturated heterocycles. The van der Waals surface area contributed by atoms with Crippen molar-refractivity contribution in [2.75, 3.05) is 0 Å². The summed E-state index contributed by atoms with van der Waals surface area (Å²) in [6, 6.07) is 10.9. The second-order valence-electron chi connectivity index (χ2n) is 4.54. The summed E-state index contributed by atoms with van der Waals surface area (Å²) in [7, 11) is 0. The van der Waals surface area contributed by atoms with Crippen LogP contribution in [0.25, 0.3) is 11.0 Å². The average molecular weight is 279 g/mol. The number of rotatable bonds is 4. The monoisotopic (exact) mass is 279 g/mol. The maximum atomic E-state index is 12.2. The van der Waals surface area contributed by atoms with Gasteiger partial charge in [-0.3, -0.25) is 9.78 Å². The van der Waals surface area contributed by atoms with Crippen LogP contribution in [0.2, 0.25) is 0 Å². The number of para-hydroxylation sites is 1. The van der Waals surface area contributed by atoms with E-state index in [-0.39, 0.29) is 12.0 Å². The molecule has 0 aliphatic rings. The first-order valence-corrected chi connectivity index (χ1v) is 6.56. The largest absolute Gasteiger partial charge is 0.464 e. The van der Waals surface area contributed by atoms with E-state index >= 15 is 0 Å². The first-order valence-electron chi connectivity index (χ1n) is 6.56. The number of aromatic nitrogens is 1. The van der Waals surface area contributed by atoms with Crippen LogP contribution in [-0.2, 0) is 13.1 Å². The lowest BCUT2D eigenvalue weighted by atomic mass is 10.2. The fourth-order valence-corrected chi connectivity index (χ4v) is 1.97. The van der Waals surface area contributed by atoms with E-state index in [1.807, 2.05) is 24.3 Å². The van der Waals surface area contributed by atoms with Gasteiger partial charge in [0, 0.05) is 12.4 Å². The number of benzene rings is 1. The maximum absolute atomic E-state index is 12.2. The molecule has 5 nitrogen and oxygen atoms in total. The summed E-state index contributed by atoms with van der Waals surface area (Å²) < 4.78 is 5.43. The second kappa shape index (κ2) is 6.09. The van der Waals surface area contributed by atoms with Crippen LogP contribution in [-0.4, -0.2) is 4.98 Å². The average Bonchev–Trinajstić information content (AvgIpc) is 2.55. The predicted octanol–water partition coefficient (Wildman–Crippen LogP) is 3.34. The van der Waals surface area contributed by atoms with Gasteiger partial charge in [0.1, 0.15) is 11.8 Å². The topological polar surface area (TPSA) is 67.8 Å². The number of hydrogen-bond donors (Lipinski definition) is 0. The van der Waals surface area contributed by atoms with Gasteiger partial charge in [0.15, 0.2) is 5.43 Å². The van der Waals surface area contributed by atoms with Crippen molar-refractivity contribution in [1.82, 2.24) is 4.98 Å². The second-order valence-corrected chi connectivity index (χ2v) is 4.54. The maximum Gasteiger partial charge on any atom is 0.197 e. The van der Waals surface area contributed by atoms with Gasteiger partial charge >= 0.3 is 0 Å². The molecule has 21 heavy (non-hydrogen) atoms. The molecule has 2 aromatic heterocycles. The highest BCUT2D eigenvalue weighted by Crippen LogP contribution is 2.11. The minimum absolute atomic E-state index is 0.0558. The number of nitrogens with zero attached hydrogens (tertiary/aromatic N) is 3. The van der Waals surface area contributed by atoms with Gasteiger partial charge in [0.05, 0.1) is 24.0 Å². The van der Waals surface area contributed by atoms with Gasteiger partial charge in [-0.1, -0.05) is 12.1 Å². The zero-order chi connectivity index (χ0) is 14.5. The van der Waals surface area contributed by atoms with Crippen LogP contribution in [0.15, 0.2) is 74.5 Å². The Hall–Kier alpha value is -2.82. The van der Waals surface area contributed by atoms with Crippen LogP contribution in [0.4, 0.5) is 0 Å². The van der Waals surface area contributed by atoms with Gasteiger partial charge in [-0.2, -0.15) is 10.2 Å². The molecule has 0 unspecified atom stereocenters. The highest BCUT2D eigenvalue weighted by Gasteiger charge is 2.05. The minimum atomic E-state index is -0.0558. The minimum Gasteiger partial charge on any atom is -0.464 e. The number of pyridine rings is 1. The normalized spacial score (nSPS) is 11.2. The fourth-order valence-electron chi connectivity index (χ4n) is 1.97. The van der Waals surface area contributed by atoms with E-state index in [2.05, 4.69) is 15.2 Å². The highest BCUT2D eigenvalue weighted by atomic mass is 16.3. The number of azo groups is 1. The first-order chi connectivity index (χ1) is 10.3. The summed E-state index contributed by atoms with van der Waals surface area (Å²) in [4.78, 5) is 16.2. The van der Waals surface area contributed by atoms with Crippen molar-refractivity contribution in [1.29, 1.82) is 0 Å². The van der Waals surface area contributed by atoms with Crippen LogP contribution in [0.3, 0.4) is 0 Å². The molecule has 1 aromatic carbocycles. The Balaban J connectivity index is 1.74. The molecule has 0 atom stereocenters. The van der Waals surface area contributed by atoms with Gasteiger partial charge in [0.25, 0.3) is 0 Å². The van der Waals surface area contributed by atoms with Crippen LogP contribution in [0.5, 0.6) is 0 Å². The van der Waals surface area contributed by atoms with Crippen molar-refractivity contribution >= 4 is 11.0 Å². The van der Waals surface area contributed by atoms with Crippen molar-refractivity contribution in [2.45, 2.75) is 13.1 Å². The predicted molar refractivity (Wildman–Crippen MR) is 79.0 cm³/mol. The van der Waals surface area contributed by atoms with Crippen molar-refractivity contribution in [3.8, 4) is 0 Å². The van der Waals surface area contributed by atoms with Crippen LogP contribution in [0.1, 0.15) is 11.1 Å². The molecule has 0 aliphatic carbocycles. The van der Waals surface area contributed by atoms with Crippen molar-refractivity contribution < 1.29 is 4.42 Å². The highest BCUT2D eigenvalue weighted by molar-refractivity contribution is 5.76. The van der Waals surface area contributed by atoms with Crippen LogP contribution >= 0.6 is 0 Å². The molecule has 104 valence electrons. The summed E-state index contributed by atoms with van der Waals surface area (Å²) in [5.41, 5.74) is 2.06. The lowest BCUT2D eigenvalue weighted by Gasteiger charge is -1.99. The molecule has 5 heteroatoms. The number of hydrogen-bond acceptors (Lipinski definition) is 5. The Morgan fingerprint density at radius 1 is 1.00 bits per heavy atom. The summed E-state index contributed by atoms with van der Waals surface area (Å²) in [5.74, 6) is 0. The molecule has 0 N–H and O–H groups in total.